The zero-order chi connectivity index (χ0) is 30.6. The maximum atomic E-state index is 6.54. The highest BCUT2D eigenvalue weighted by Crippen LogP contribution is 2.42. The normalized spacial score (nSPS) is 10.9. The molecular weight excluding hydrogens is 542 g/mol. The summed E-state index contributed by atoms with van der Waals surface area (Å²) in [7, 11) is 0. The van der Waals surface area contributed by atoms with E-state index in [9.17, 15) is 0 Å². The lowest BCUT2D eigenvalue weighted by Crippen LogP contribution is -2.03. The van der Waals surface area contributed by atoms with Crippen LogP contribution in [-0.2, 0) is 0 Å². The van der Waals surface area contributed by atoms with Gasteiger partial charge in [-0.2, -0.15) is 0 Å². The average Bonchev–Trinajstić information content (AvgIpc) is 3.83. The Morgan fingerprint density at radius 1 is 0.545 bits per heavy atom. The van der Waals surface area contributed by atoms with Gasteiger partial charge in [-0.15, -0.1) is 0 Å². The third-order valence-electron chi connectivity index (χ3n) is 7.87. The maximum absolute atomic E-state index is 6.54. The molecule has 0 saturated heterocycles. The number of aromatic nitrogens is 3. The fraction of sp³-hybridized carbons (Fsp3) is 0.333. The average molecular weight is 588 g/mol. The highest BCUT2D eigenvalue weighted by molar-refractivity contribution is 5.81. The van der Waals surface area contributed by atoms with Gasteiger partial charge in [0.2, 0.25) is 0 Å². The van der Waals surface area contributed by atoms with E-state index in [4.69, 9.17) is 9.47 Å². The van der Waals surface area contributed by atoms with Gasteiger partial charge in [0.05, 0.1) is 30.3 Å². The van der Waals surface area contributed by atoms with Gasteiger partial charge < -0.3 is 24.4 Å². The van der Waals surface area contributed by atoms with Crippen LogP contribution in [0, 0.1) is 11.8 Å². The largest absolute Gasteiger partial charge is 0.493 e. The van der Waals surface area contributed by atoms with Crippen molar-refractivity contribution in [3.63, 3.8) is 0 Å². The van der Waals surface area contributed by atoms with Crippen molar-refractivity contribution in [1.29, 1.82) is 0 Å². The number of hydrogen-bond acceptors (Lipinski definition) is 2. The molecular formula is C39H45N3O2. The van der Waals surface area contributed by atoms with Crippen LogP contribution >= 0.6 is 0 Å². The first kappa shape index (κ1) is 30.9. The van der Waals surface area contributed by atoms with E-state index in [1.165, 1.54) is 32.1 Å². The predicted molar refractivity (Wildman–Crippen MR) is 183 cm³/mol. The fourth-order valence-electron chi connectivity index (χ4n) is 5.45. The lowest BCUT2D eigenvalue weighted by molar-refractivity contribution is 0.299. The Morgan fingerprint density at radius 2 is 1.07 bits per heavy atom. The van der Waals surface area contributed by atoms with E-state index in [0.717, 1.165) is 81.6 Å². The van der Waals surface area contributed by atoms with Crippen molar-refractivity contribution < 1.29 is 9.47 Å². The minimum Gasteiger partial charge on any atom is -0.493 e. The van der Waals surface area contributed by atoms with Gasteiger partial charge in [-0.05, 0) is 79.8 Å². The number of unbranched alkanes of at least 4 members (excludes halogenated alkanes) is 6. The molecule has 0 aliphatic carbocycles. The minimum absolute atomic E-state index is 0.674. The minimum atomic E-state index is 0.674. The first-order valence-corrected chi connectivity index (χ1v) is 16.2. The van der Waals surface area contributed by atoms with Crippen LogP contribution in [0.2, 0.25) is 0 Å². The molecule has 5 heteroatoms. The van der Waals surface area contributed by atoms with Gasteiger partial charge in [-0.25, -0.2) is 0 Å². The molecule has 3 heterocycles. The van der Waals surface area contributed by atoms with Crippen LogP contribution in [0.25, 0.3) is 45.2 Å². The van der Waals surface area contributed by atoms with Crippen LogP contribution in [0.5, 0.6) is 11.5 Å². The number of aromatic amines is 3. The van der Waals surface area contributed by atoms with Crippen molar-refractivity contribution in [3.8, 4) is 68.5 Å². The molecule has 3 aromatic heterocycles. The van der Waals surface area contributed by atoms with E-state index in [1.54, 1.807) is 0 Å². The lowest BCUT2D eigenvalue weighted by atomic mass is 10.0. The maximum Gasteiger partial charge on any atom is 0.129 e. The second-order valence-corrected chi connectivity index (χ2v) is 11.3. The number of rotatable bonds is 16. The van der Waals surface area contributed by atoms with Crippen molar-refractivity contribution >= 4 is 0 Å². The van der Waals surface area contributed by atoms with E-state index in [1.807, 2.05) is 19.1 Å². The molecule has 0 bridgehead atoms. The summed E-state index contributed by atoms with van der Waals surface area (Å²) in [4.78, 5) is 10.7. The molecule has 0 fully saturated rings. The SMILES string of the molecule is CC#Cc1ccc(-c2ccc(-c3cc(OCCCCCC)c(-c4ccc(-c5ccccc5)[nH]4)cc3OCCCCCC)[nH]2)[nH]1. The van der Waals surface area contributed by atoms with Crippen molar-refractivity contribution in [1.82, 2.24) is 15.0 Å². The molecule has 228 valence electrons. The summed E-state index contributed by atoms with van der Waals surface area (Å²) < 4.78 is 13.1. The van der Waals surface area contributed by atoms with Crippen LogP contribution in [0.3, 0.4) is 0 Å². The lowest BCUT2D eigenvalue weighted by Gasteiger charge is -2.17. The van der Waals surface area contributed by atoms with Crippen molar-refractivity contribution in [2.24, 2.45) is 0 Å². The number of hydrogen-bond donors (Lipinski definition) is 3. The highest BCUT2D eigenvalue weighted by Gasteiger charge is 2.19. The molecule has 0 aliphatic rings. The number of benzene rings is 2. The van der Waals surface area contributed by atoms with Crippen LogP contribution in [0.15, 0.2) is 78.9 Å². The molecule has 0 atom stereocenters. The van der Waals surface area contributed by atoms with Gasteiger partial charge in [-0.3, -0.25) is 0 Å². The van der Waals surface area contributed by atoms with Gasteiger partial charge in [0.1, 0.15) is 11.5 Å². The zero-order valence-corrected chi connectivity index (χ0v) is 26.4. The summed E-state index contributed by atoms with van der Waals surface area (Å²) in [5.74, 6) is 7.76. The Kier molecular flexibility index (Phi) is 11.1. The second kappa shape index (κ2) is 15.8. The van der Waals surface area contributed by atoms with Gasteiger partial charge in [-0.1, -0.05) is 88.6 Å². The quantitative estimate of drug-likeness (QED) is 0.0794. The number of H-pyrrole nitrogens is 3. The Morgan fingerprint density at radius 3 is 1.66 bits per heavy atom. The third kappa shape index (κ3) is 7.88. The number of nitrogens with one attached hydrogen (secondary N) is 3. The number of ether oxygens (including phenoxy) is 2. The monoisotopic (exact) mass is 587 g/mol. The van der Waals surface area contributed by atoms with Crippen molar-refractivity contribution in [2.75, 3.05) is 13.2 Å². The molecule has 5 nitrogen and oxygen atoms in total. The van der Waals surface area contributed by atoms with E-state index in [0.29, 0.717) is 13.2 Å². The van der Waals surface area contributed by atoms with E-state index < -0.39 is 0 Å². The van der Waals surface area contributed by atoms with Crippen LogP contribution in [-0.4, -0.2) is 28.2 Å². The van der Waals surface area contributed by atoms with Crippen molar-refractivity contribution in [3.05, 3.63) is 84.6 Å². The summed E-state index contributed by atoms with van der Waals surface area (Å²) in [6, 6.07) is 27.3. The molecule has 0 spiro atoms. The predicted octanol–water partition coefficient (Wildman–Crippen LogP) is 10.6. The Labute approximate surface area is 262 Å². The molecule has 0 unspecified atom stereocenters. The topological polar surface area (TPSA) is 65.8 Å². The molecule has 0 saturated carbocycles. The molecule has 0 amide bonds. The molecule has 0 radical (unpaired) electrons. The highest BCUT2D eigenvalue weighted by atomic mass is 16.5. The van der Waals surface area contributed by atoms with E-state index in [-0.39, 0.29) is 0 Å². The zero-order valence-electron chi connectivity index (χ0n) is 26.4. The molecule has 5 rings (SSSR count). The van der Waals surface area contributed by atoms with Crippen molar-refractivity contribution in [2.45, 2.75) is 72.1 Å². The summed E-state index contributed by atoms with van der Waals surface area (Å²) in [6.45, 7) is 7.66. The smallest absolute Gasteiger partial charge is 0.129 e. The Hall–Kier alpha value is -4.56. The van der Waals surface area contributed by atoms with Gasteiger partial charge in [0.15, 0.2) is 0 Å². The summed E-state index contributed by atoms with van der Waals surface area (Å²) in [5.41, 5.74) is 9.13. The van der Waals surface area contributed by atoms with Crippen LogP contribution in [0.1, 0.15) is 77.8 Å². The second-order valence-electron chi connectivity index (χ2n) is 11.3. The Bertz CT molecular complexity index is 1660. The molecule has 2 aromatic carbocycles. The fourth-order valence-corrected chi connectivity index (χ4v) is 5.45. The standard InChI is InChI=1S/C39H45N3O2/c1-4-7-9-14-25-43-38-28-32(35-23-24-37(42-35)36-20-19-30(40-36)16-6-3)39(44-26-15-10-8-5-2)27-31(38)34-22-21-33(41-34)29-17-12-11-13-18-29/h11-13,17-24,27-28,40-42H,4-5,7-10,14-15,25-26H2,1-3H3. The van der Waals surface area contributed by atoms with Crippen LogP contribution < -0.4 is 9.47 Å². The summed E-state index contributed by atoms with van der Waals surface area (Å²) >= 11 is 0. The van der Waals surface area contributed by atoms with Crippen LogP contribution in [0.4, 0.5) is 0 Å². The summed E-state index contributed by atoms with van der Waals surface area (Å²) in [6.07, 6.45) is 9.23. The van der Waals surface area contributed by atoms with Gasteiger partial charge >= 0.3 is 0 Å². The molecule has 0 aliphatic heterocycles. The third-order valence-corrected chi connectivity index (χ3v) is 7.87. The molecule has 5 aromatic rings. The Balaban J connectivity index is 1.52. The van der Waals surface area contributed by atoms with E-state index >= 15 is 0 Å². The van der Waals surface area contributed by atoms with Gasteiger partial charge in [0, 0.05) is 28.2 Å². The summed E-state index contributed by atoms with van der Waals surface area (Å²) in [5, 5.41) is 0. The first-order chi connectivity index (χ1) is 21.7. The molecule has 3 N–H and O–H groups in total. The van der Waals surface area contributed by atoms with E-state index in [2.05, 4.69) is 107 Å². The first-order valence-electron chi connectivity index (χ1n) is 16.2. The van der Waals surface area contributed by atoms with Gasteiger partial charge in [0.25, 0.3) is 0 Å². The molecule has 44 heavy (non-hydrogen) atoms.